The van der Waals surface area contributed by atoms with Crippen molar-refractivity contribution in [3.05, 3.63) is 36.0 Å². The largest absolute Gasteiger partial charge is 0.327 e. The first-order valence-corrected chi connectivity index (χ1v) is 3.63. The molecule has 0 unspecified atom stereocenters. The molecule has 0 bridgehead atoms. The predicted molar refractivity (Wildman–Crippen MR) is 50.1 cm³/mol. The zero-order valence-corrected chi connectivity index (χ0v) is 7.01. The molecule has 0 radical (unpaired) electrons. The van der Waals surface area contributed by atoms with Crippen molar-refractivity contribution >= 4 is 0 Å². The highest BCUT2D eigenvalue weighted by Gasteiger charge is 1.84. The first kappa shape index (κ1) is 10.1. The second kappa shape index (κ2) is 5.89. The lowest BCUT2D eigenvalue weighted by Crippen LogP contribution is -2.01. The number of nitrogens with two attached hydrogens (primary N) is 2. The summed E-state index contributed by atoms with van der Waals surface area (Å²) in [6.45, 7) is 6.72. The molecule has 0 fully saturated rings. The molecule has 0 aliphatic rings. The normalized spacial score (nSPS) is 13.4. The molecule has 0 aromatic rings. The van der Waals surface area contributed by atoms with Crippen molar-refractivity contribution in [2.75, 3.05) is 13.1 Å². The monoisotopic (exact) mass is 152 g/mol. The van der Waals surface area contributed by atoms with Gasteiger partial charge in [0.15, 0.2) is 0 Å². The van der Waals surface area contributed by atoms with E-state index in [2.05, 4.69) is 6.58 Å². The molecular formula is C9H16N2. The topological polar surface area (TPSA) is 52.0 Å². The van der Waals surface area contributed by atoms with Gasteiger partial charge in [-0.3, -0.25) is 0 Å². The Morgan fingerprint density at radius 2 is 1.91 bits per heavy atom. The number of rotatable bonds is 4. The number of allylic oxidation sites excluding steroid dienone is 2. The average Bonchev–Trinajstić information content (AvgIpc) is 2.06. The summed E-state index contributed by atoms with van der Waals surface area (Å²) in [6.07, 6.45) is 5.65. The zero-order valence-electron chi connectivity index (χ0n) is 7.01. The van der Waals surface area contributed by atoms with Crippen LogP contribution in [0.3, 0.4) is 0 Å². The Balaban J connectivity index is 4.17. The summed E-state index contributed by atoms with van der Waals surface area (Å²) in [6, 6.07) is 0. The molecule has 2 nitrogen and oxygen atoms in total. The Kier molecular flexibility index (Phi) is 5.43. The zero-order chi connectivity index (χ0) is 8.69. The predicted octanol–water partition coefficient (Wildman–Crippen LogP) is 0.963. The summed E-state index contributed by atoms with van der Waals surface area (Å²) in [5.41, 5.74) is 13.0. The van der Waals surface area contributed by atoms with Crippen molar-refractivity contribution in [2.45, 2.75) is 6.92 Å². The third-order valence-electron chi connectivity index (χ3n) is 1.40. The summed E-state index contributed by atoms with van der Waals surface area (Å²) in [7, 11) is 0. The van der Waals surface area contributed by atoms with Gasteiger partial charge in [-0.1, -0.05) is 30.4 Å². The van der Waals surface area contributed by atoms with E-state index in [1.165, 1.54) is 0 Å². The quantitative estimate of drug-likeness (QED) is 0.589. The van der Waals surface area contributed by atoms with Crippen molar-refractivity contribution in [3.8, 4) is 0 Å². The van der Waals surface area contributed by atoms with Crippen LogP contribution in [-0.2, 0) is 0 Å². The van der Waals surface area contributed by atoms with Gasteiger partial charge < -0.3 is 11.5 Å². The average molecular weight is 152 g/mol. The van der Waals surface area contributed by atoms with E-state index in [1.807, 2.05) is 19.1 Å². The lowest BCUT2D eigenvalue weighted by atomic mass is 10.2. The lowest BCUT2D eigenvalue weighted by Gasteiger charge is -1.94. The second-order valence-corrected chi connectivity index (χ2v) is 2.37. The minimum absolute atomic E-state index is 0.526. The molecule has 62 valence electrons. The molecule has 0 aliphatic heterocycles. The fourth-order valence-corrected chi connectivity index (χ4v) is 0.537. The first-order chi connectivity index (χ1) is 5.24. The van der Waals surface area contributed by atoms with Crippen LogP contribution in [0.15, 0.2) is 36.0 Å². The van der Waals surface area contributed by atoms with Crippen LogP contribution in [0.25, 0.3) is 0 Å². The molecule has 0 saturated heterocycles. The van der Waals surface area contributed by atoms with Crippen molar-refractivity contribution in [1.29, 1.82) is 0 Å². The first-order valence-electron chi connectivity index (χ1n) is 3.63. The highest BCUT2D eigenvalue weighted by Crippen LogP contribution is 1.95. The minimum Gasteiger partial charge on any atom is -0.327 e. The van der Waals surface area contributed by atoms with Gasteiger partial charge in [-0.25, -0.2) is 0 Å². The fourth-order valence-electron chi connectivity index (χ4n) is 0.537. The smallest absolute Gasteiger partial charge is 0.0177 e. The van der Waals surface area contributed by atoms with Gasteiger partial charge in [0.1, 0.15) is 0 Å². The van der Waals surface area contributed by atoms with Gasteiger partial charge in [-0.15, -0.1) is 0 Å². The van der Waals surface area contributed by atoms with Crippen LogP contribution in [0.2, 0.25) is 0 Å². The molecular weight excluding hydrogens is 136 g/mol. The Bertz CT molecular complexity index is 178. The Morgan fingerprint density at radius 1 is 1.27 bits per heavy atom. The molecule has 0 amide bonds. The van der Waals surface area contributed by atoms with E-state index in [0.717, 1.165) is 11.1 Å². The molecule has 0 heterocycles. The highest BCUT2D eigenvalue weighted by atomic mass is 14.5. The van der Waals surface area contributed by atoms with E-state index >= 15 is 0 Å². The molecule has 0 aromatic heterocycles. The van der Waals surface area contributed by atoms with Gasteiger partial charge >= 0.3 is 0 Å². The van der Waals surface area contributed by atoms with E-state index in [4.69, 9.17) is 11.5 Å². The van der Waals surface area contributed by atoms with Crippen molar-refractivity contribution in [1.82, 2.24) is 0 Å². The maximum atomic E-state index is 5.41. The molecule has 0 aromatic carbocycles. The lowest BCUT2D eigenvalue weighted by molar-refractivity contribution is 1.13. The van der Waals surface area contributed by atoms with Crippen LogP contribution in [0.5, 0.6) is 0 Å². The van der Waals surface area contributed by atoms with Gasteiger partial charge in [0.25, 0.3) is 0 Å². The third-order valence-corrected chi connectivity index (χ3v) is 1.40. The summed E-state index contributed by atoms with van der Waals surface area (Å²) < 4.78 is 0. The summed E-state index contributed by atoms with van der Waals surface area (Å²) >= 11 is 0. The second-order valence-electron chi connectivity index (χ2n) is 2.37. The maximum Gasteiger partial charge on any atom is 0.0177 e. The number of hydrogen-bond donors (Lipinski definition) is 2. The van der Waals surface area contributed by atoms with E-state index < -0.39 is 0 Å². The van der Waals surface area contributed by atoms with Gasteiger partial charge in [0.2, 0.25) is 0 Å². The van der Waals surface area contributed by atoms with Crippen LogP contribution in [-0.4, -0.2) is 13.1 Å². The van der Waals surface area contributed by atoms with Crippen LogP contribution < -0.4 is 11.5 Å². The molecule has 0 atom stereocenters. The van der Waals surface area contributed by atoms with Crippen molar-refractivity contribution in [3.63, 3.8) is 0 Å². The van der Waals surface area contributed by atoms with E-state index in [-0.39, 0.29) is 0 Å². The molecule has 11 heavy (non-hydrogen) atoms. The molecule has 2 heteroatoms. The Hall–Kier alpha value is -0.860. The summed E-state index contributed by atoms with van der Waals surface area (Å²) in [5.74, 6) is 0. The summed E-state index contributed by atoms with van der Waals surface area (Å²) in [4.78, 5) is 0. The minimum atomic E-state index is 0.526. The van der Waals surface area contributed by atoms with E-state index in [1.54, 1.807) is 6.08 Å². The van der Waals surface area contributed by atoms with Gasteiger partial charge in [0.05, 0.1) is 0 Å². The highest BCUT2D eigenvalue weighted by molar-refractivity contribution is 5.25. The van der Waals surface area contributed by atoms with Crippen LogP contribution in [0.1, 0.15) is 6.92 Å². The van der Waals surface area contributed by atoms with Crippen molar-refractivity contribution < 1.29 is 0 Å². The molecule has 0 rings (SSSR count). The van der Waals surface area contributed by atoms with Crippen LogP contribution >= 0.6 is 0 Å². The fraction of sp³-hybridized carbons (Fsp3) is 0.333. The Labute approximate surface area is 68.3 Å². The van der Waals surface area contributed by atoms with Crippen LogP contribution in [0.4, 0.5) is 0 Å². The Morgan fingerprint density at radius 3 is 2.27 bits per heavy atom. The van der Waals surface area contributed by atoms with E-state index in [9.17, 15) is 0 Å². The third kappa shape index (κ3) is 4.53. The van der Waals surface area contributed by atoms with Gasteiger partial charge in [-0.05, 0) is 12.5 Å². The molecule has 0 spiro atoms. The summed E-state index contributed by atoms with van der Waals surface area (Å²) in [5, 5.41) is 0. The van der Waals surface area contributed by atoms with Gasteiger partial charge in [-0.2, -0.15) is 0 Å². The number of hydrogen-bond acceptors (Lipinski definition) is 2. The molecule has 0 aliphatic carbocycles. The molecule has 0 saturated carbocycles. The maximum absolute atomic E-state index is 5.41. The van der Waals surface area contributed by atoms with Crippen molar-refractivity contribution in [2.24, 2.45) is 11.5 Å². The van der Waals surface area contributed by atoms with Gasteiger partial charge in [0, 0.05) is 13.1 Å². The van der Waals surface area contributed by atoms with E-state index in [0.29, 0.717) is 13.1 Å². The standard InChI is InChI=1S/C9H16N2/c1-3-9(7-11)5-4-8(2)6-10/h3-5H,1,6-7,10-11H2,2H3. The van der Waals surface area contributed by atoms with Crippen LogP contribution in [0, 0.1) is 0 Å². The SMILES string of the molecule is C=CC(=CC=C(C)CN)CN. The molecule has 4 N–H and O–H groups in total.